The van der Waals surface area contributed by atoms with Gasteiger partial charge in [-0.05, 0) is 43.7 Å². The average molecular weight is 291 g/mol. The quantitative estimate of drug-likeness (QED) is 0.717. The van der Waals surface area contributed by atoms with Crippen LogP contribution in [0.3, 0.4) is 0 Å². The van der Waals surface area contributed by atoms with Crippen LogP contribution < -0.4 is 10.6 Å². The van der Waals surface area contributed by atoms with Crippen molar-refractivity contribution in [3.05, 3.63) is 29.8 Å². The number of carboxylic acid groups (broad SMARTS) is 1. The van der Waals surface area contributed by atoms with Gasteiger partial charge in [-0.1, -0.05) is 6.92 Å². The highest BCUT2D eigenvalue weighted by Gasteiger charge is 2.27. The number of rotatable bonds is 7. The Morgan fingerprint density at radius 3 is 2.48 bits per heavy atom. The van der Waals surface area contributed by atoms with E-state index in [1.165, 1.54) is 25.0 Å². The summed E-state index contributed by atoms with van der Waals surface area (Å²) in [6.45, 7) is 4.59. The zero-order valence-corrected chi connectivity index (χ0v) is 12.1. The number of amides is 2. The molecular weight excluding hydrogens is 270 g/mol. The molecule has 1 saturated carbocycles. The number of aromatic carboxylic acids is 1. The molecule has 1 aliphatic carbocycles. The van der Waals surface area contributed by atoms with Crippen molar-refractivity contribution >= 4 is 17.7 Å². The molecule has 0 heterocycles. The largest absolute Gasteiger partial charge is 0.478 e. The van der Waals surface area contributed by atoms with Crippen LogP contribution in [0.1, 0.15) is 30.1 Å². The average Bonchev–Trinajstić information content (AvgIpc) is 3.29. The minimum Gasteiger partial charge on any atom is -0.478 e. The normalized spacial score (nSPS) is 14.0. The standard InChI is InChI=1S/C15H21N3O3/c1-2-18(13-7-8-13)10-9-16-15(21)17-12-5-3-11(4-6-12)14(19)20/h3-6,13H,2,7-10H2,1H3,(H,19,20)(H2,16,17,21). The number of likely N-dealkylation sites (N-methyl/N-ethyl adjacent to an activating group) is 1. The number of carbonyl (C=O) groups is 2. The maximum Gasteiger partial charge on any atom is 0.335 e. The molecule has 21 heavy (non-hydrogen) atoms. The predicted octanol–water partition coefficient (Wildman–Crippen LogP) is 1.99. The minimum absolute atomic E-state index is 0.198. The van der Waals surface area contributed by atoms with Gasteiger partial charge in [0.25, 0.3) is 0 Å². The number of anilines is 1. The molecule has 6 nitrogen and oxygen atoms in total. The molecular formula is C15H21N3O3. The van der Waals surface area contributed by atoms with E-state index < -0.39 is 5.97 Å². The molecule has 1 aromatic carbocycles. The van der Waals surface area contributed by atoms with Crippen LogP contribution >= 0.6 is 0 Å². The van der Waals surface area contributed by atoms with Gasteiger partial charge in [-0.15, -0.1) is 0 Å². The first-order valence-corrected chi connectivity index (χ1v) is 7.22. The molecule has 3 N–H and O–H groups in total. The number of hydrogen-bond acceptors (Lipinski definition) is 3. The van der Waals surface area contributed by atoms with Gasteiger partial charge in [-0.3, -0.25) is 4.90 Å². The van der Waals surface area contributed by atoms with Gasteiger partial charge in [0, 0.05) is 24.8 Å². The van der Waals surface area contributed by atoms with Crippen molar-refractivity contribution in [1.29, 1.82) is 0 Å². The van der Waals surface area contributed by atoms with Crippen molar-refractivity contribution in [3.63, 3.8) is 0 Å². The van der Waals surface area contributed by atoms with Gasteiger partial charge in [-0.25, -0.2) is 9.59 Å². The van der Waals surface area contributed by atoms with Crippen LogP contribution in [-0.2, 0) is 0 Å². The van der Waals surface area contributed by atoms with E-state index in [9.17, 15) is 9.59 Å². The highest BCUT2D eigenvalue weighted by atomic mass is 16.4. The van der Waals surface area contributed by atoms with E-state index in [4.69, 9.17) is 5.11 Å². The summed E-state index contributed by atoms with van der Waals surface area (Å²) in [5, 5.41) is 14.3. The minimum atomic E-state index is -0.981. The second-order valence-corrected chi connectivity index (χ2v) is 5.12. The molecule has 1 aliphatic rings. The number of carbonyl (C=O) groups excluding carboxylic acids is 1. The van der Waals surface area contributed by atoms with Crippen LogP contribution in [0.25, 0.3) is 0 Å². The fourth-order valence-electron chi connectivity index (χ4n) is 2.22. The highest BCUT2D eigenvalue weighted by Crippen LogP contribution is 2.25. The van der Waals surface area contributed by atoms with Crippen molar-refractivity contribution in [2.75, 3.05) is 25.0 Å². The summed E-state index contributed by atoms with van der Waals surface area (Å²) in [7, 11) is 0. The Morgan fingerprint density at radius 1 is 1.29 bits per heavy atom. The molecule has 114 valence electrons. The molecule has 1 aromatic rings. The number of nitrogens with one attached hydrogen (secondary N) is 2. The second kappa shape index (κ2) is 7.08. The summed E-state index contributed by atoms with van der Waals surface area (Å²) in [6.07, 6.45) is 2.52. The Hall–Kier alpha value is -2.08. The molecule has 0 spiro atoms. The van der Waals surface area contributed by atoms with Crippen molar-refractivity contribution < 1.29 is 14.7 Å². The van der Waals surface area contributed by atoms with E-state index in [1.54, 1.807) is 12.1 Å². The van der Waals surface area contributed by atoms with Gasteiger partial charge in [0.2, 0.25) is 0 Å². The lowest BCUT2D eigenvalue weighted by Gasteiger charge is -2.19. The van der Waals surface area contributed by atoms with E-state index in [0.717, 1.165) is 13.1 Å². The topological polar surface area (TPSA) is 81.7 Å². The smallest absolute Gasteiger partial charge is 0.335 e. The van der Waals surface area contributed by atoms with Gasteiger partial charge in [0.1, 0.15) is 0 Å². The molecule has 1 fully saturated rings. The van der Waals surface area contributed by atoms with Crippen LogP contribution in [-0.4, -0.2) is 47.7 Å². The highest BCUT2D eigenvalue weighted by molar-refractivity contribution is 5.91. The summed E-state index contributed by atoms with van der Waals surface area (Å²) < 4.78 is 0. The lowest BCUT2D eigenvalue weighted by molar-refractivity contribution is 0.0697. The molecule has 0 aromatic heterocycles. The first-order valence-electron chi connectivity index (χ1n) is 7.22. The second-order valence-electron chi connectivity index (χ2n) is 5.12. The number of carboxylic acids is 1. The Bertz CT molecular complexity index is 497. The molecule has 2 rings (SSSR count). The fourth-order valence-corrected chi connectivity index (χ4v) is 2.22. The maximum absolute atomic E-state index is 11.7. The summed E-state index contributed by atoms with van der Waals surface area (Å²) in [4.78, 5) is 24.8. The van der Waals surface area contributed by atoms with Crippen LogP contribution in [0.4, 0.5) is 10.5 Å². The zero-order valence-electron chi connectivity index (χ0n) is 12.1. The van der Waals surface area contributed by atoms with Crippen LogP contribution in [0.5, 0.6) is 0 Å². The van der Waals surface area contributed by atoms with E-state index in [0.29, 0.717) is 18.3 Å². The maximum atomic E-state index is 11.7. The third-order valence-corrected chi connectivity index (χ3v) is 3.54. The molecule has 2 amide bonds. The van der Waals surface area contributed by atoms with Crippen LogP contribution in [0.15, 0.2) is 24.3 Å². The number of benzene rings is 1. The first kappa shape index (κ1) is 15.3. The van der Waals surface area contributed by atoms with Crippen molar-refractivity contribution in [2.45, 2.75) is 25.8 Å². The third-order valence-electron chi connectivity index (χ3n) is 3.54. The number of urea groups is 1. The Balaban J connectivity index is 1.72. The van der Waals surface area contributed by atoms with Crippen molar-refractivity contribution in [1.82, 2.24) is 10.2 Å². The molecule has 0 radical (unpaired) electrons. The zero-order chi connectivity index (χ0) is 15.2. The van der Waals surface area contributed by atoms with E-state index >= 15 is 0 Å². The number of hydrogen-bond donors (Lipinski definition) is 3. The van der Waals surface area contributed by atoms with E-state index in [1.807, 2.05) is 0 Å². The molecule has 0 atom stereocenters. The predicted molar refractivity (Wildman–Crippen MR) is 80.7 cm³/mol. The summed E-state index contributed by atoms with van der Waals surface area (Å²) in [6, 6.07) is 6.50. The lowest BCUT2D eigenvalue weighted by Crippen LogP contribution is -2.37. The summed E-state index contributed by atoms with van der Waals surface area (Å²) in [5.74, 6) is -0.981. The van der Waals surface area contributed by atoms with Crippen LogP contribution in [0, 0.1) is 0 Å². The molecule has 0 aliphatic heterocycles. The van der Waals surface area contributed by atoms with Gasteiger partial charge in [-0.2, -0.15) is 0 Å². The third kappa shape index (κ3) is 4.75. The summed E-state index contributed by atoms with van der Waals surface area (Å²) in [5.41, 5.74) is 0.774. The Morgan fingerprint density at radius 2 is 1.95 bits per heavy atom. The molecule has 0 bridgehead atoms. The van der Waals surface area contributed by atoms with Gasteiger partial charge in [0.15, 0.2) is 0 Å². The Kier molecular flexibility index (Phi) is 5.16. The van der Waals surface area contributed by atoms with Gasteiger partial charge < -0.3 is 15.7 Å². The van der Waals surface area contributed by atoms with Crippen molar-refractivity contribution in [3.8, 4) is 0 Å². The van der Waals surface area contributed by atoms with Crippen LogP contribution in [0.2, 0.25) is 0 Å². The Labute approximate surface area is 124 Å². The molecule has 0 unspecified atom stereocenters. The summed E-state index contributed by atoms with van der Waals surface area (Å²) >= 11 is 0. The van der Waals surface area contributed by atoms with Crippen molar-refractivity contribution in [2.24, 2.45) is 0 Å². The molecule has 6 heteroatoms. The number of nitrogens with zero attached hydrogens (tertiary/aromatic N) is 1. The van der Waals surface area contributed by atoms with Gasteiger partial charge >= 0.3 is 12.0 Å². The monoisotopic (exact) mass is 291 g/mol. The van der Waals surface area contributed by atoms with Gasteiger partial charge in [0.05, 0.1) is 5.56 Å². The fraction of sp³-hybridized carbons (Fsp3) is 0.467. The van der Waals surface area contributed by atoms with E-state index in [2.05, 4.69) is 22.5 Å². The molecule has 0 saturated heterocycles. The SMILES string of the molecule is CCN(CCNC(=O)Nc1ccc(C(=O)O)cc1)C1CC1. The first-order chi connectivity index (χ1) is 10.1. The lowest BCUT2D eigenvalue weighted by atomic mass is 10.2. The van der Waals surface area contributed by atoms with E-state index in [-0.39, 0.29) is 11.6 Å².